The monoisotopic (exact) mass is 188 g/mol. The molecule has 2 atom stereocenters. The van der Waals surface area contributed by atoms with Gasteiger partial charge in [0.25, 0.3) is 0 Å². The molecular weight excluding hydrogens is 176 g/mol. The van der Waals surface area contributed by atoms with Crippen molar-refractivity contribution in [3.8, 4) is 0 Å². The van der Waals surface area contributed by atoms with Gasteiger partial charge in [-0.2, -0.15) is 0 Å². The Kier molecular flexibility index (Phi) is 2.25. The molecule has 13 heavy (non-hydrogen) atoms. The molecule has 5 heteroatoms. The van der Waals surface area contributed by atoms with E-state index in [1.54, 1.807) is 0 Å². The molecule has 0 saturated heterocycles. The minimum atomic E-state index is -1.71. The van der Waals surface area contributed by atoms with E-state index in [0.717, 1.165) is 14.2 Å². The highest BCUT2D eigenvalue weighted by Crippen LogP contribution is 2.46. The first-order chi connectivity index (χ1) is 6.52. The lowest BCUT2D eigenvalue weighted by Crippen LogP contribution is -2.10. The van der Waals surface area contributed by atoms with Gasteiger partial charge in [0, 0.05) is 7.26 Å². The van der Waals surface area contributed by atoms with E-state index in [-0.39, 0.29) is 6.29 Å². The molecule has 1 rings (SSSR count). The molecule has 0 aliphatic heterocycles. The Balaban J connectivity index is 2.84. The van der Waals surface area contributed by atoms with Crippen molar-refractivity contribution in [1.82, 2.24) is 0 Å². The molecule has 0 bridgehead atoms. The van der Waals surface area contributed by atoms with Gasteiger partial charge in [-0.1, -0.05) is 0 Å². The normalized spacial score (nSPS) is 37.2. The number of carbonyl (C=O) groups is 3. The third kappa shape index (κ3) is 1.54. The van der Waals surface area contributed by atoms with Crippen LogP contribution < -0.4 is 0 Å². The lowest BCUT2D eigenvalue weighted by molar-refractivity contribution is -0.148. The van der Waals surface area contributed by atoms with Gasteiger partial charge in [0.05, 0.1) is 26.1 Å². The van der Waals surface area contributed by atoms with E-state index in [1.165, 1.54) is 0 Å². The van der Waals surface area contributed by atoms with Gasteiger partial charge in [-0.25, -0.2) is 0 Å². The summed E-state index contributed by atoms with van der Waals surface area (Å²) < 4.78 is 16.2. The molecule has 0 amide bonds. The van der Waals surface area contributed by atoms with Gasteiger partial charge in [0.2, 0.25) is 0 Å². The number of methoxy groups -OCH3 is 2. The van der Waals surface area contributed by atoms with Crippen molar-refractivity contribution >= 4 is 18.2 Å². The Labute approximate surface area is 76.4 Å². The van der Waals surface area contributed by atoms with Crippen LogP contribution in [0.3, 0.4) is 0 Å². The highest BCUT2D eigenvalue weighted by atomic mass is 16.5. The third-order valence-electron chi connectivity index (χ3n) is 1.99. The highest BCUT2D eigenvalue weighted by Gasteiger charge is 2.60. The van der Waals surface area contributed by atoms with E-state index in [2.05, 4.69) is 9.47 Å². The summed E-state index contributed by atoms with van der Waals surface area (Å²) in [4.78, 5) is 32.7. The van der Waals surface area contributed by atoms with Gasteiger partial charge in [-0.05, 0) is 0 Å². The molecule has 1 fully saturated rings. The zero-order valence-corrected chi connectivity index (χ0v) is 7.27. The van der Waals surface area contributed by atoms with E-state index in [0.29, 0.717) is 0 Å². The molecule has 0 radical (unpaired) electrons. The molecule has 0 spiro atoms. The summed E-state index contributed by atoms with van der Waals surface area (Å²) in [6, 6.07) is 0. The van der Waals surface area contributed by atoms with Crippen LogP contribution in [0.15, 0.2) is 0 Å². The fourth-order valence-corrected chi connectivity index (χ4v) is 1.23. The van der Waals surface area contributed by atoms with Crippen LogP contribution >= 0.6 is 0 Å². The van der Waals surface area contributed by atoms with Gasteiger partial charge < -0.3 is 14.3 Å². The van der Waals surface area contributed by atoms with Crippen molar-refractivity contribution in [2.45, 2.75) is 0 Å². The Morgan fingerprint density at radius 2 is 1.62 bits per heavy atom. The molecule has 1 aliphatic carbocycles. The summed E-state index contributed by atoms with van der Waals surface area (Å²) in [5, 5.41) is 0. The van der Waals surface area contributed by atoms with Crippen LogP contribution in [0.2, 0.25) is 0 Å². The standard InChI is InChI=1S/C8H10O5/c1-12-7(10)5-4(3-9)6(5)8(11)13-2/h3-6H,1-2H3/t5-,6-/m1/s1/i4T. The maximum Gasteiger partial charge on any atom is 0.310 e. The third-order valence-corrected chi connectivity index (χ3v) is 1.99. The maximum atomic E-state index is 11.1. The number of aldehydes is 1. The average Bonchev–Trinajstić information content (AvgIpc) is 2.83. The van der Waals surface area contributed by atoms with Crippen LogP contribution in [0.4, 0.5) is 0 Å². The number of rotatable bonds is 3. The number of hydrogen-bond acceptors (Lipinski definition) is 5. The van der Waals surface area contributed by atoms with Crippen molar-refractivity contribution in [1.29, 1.82) is 0 Å². The minimum absolute atomic E-state index is 0.274. The molecular formula is C8H10O5. The second-order valence-corrected chi connectivity index (χ2v) is 2.62. The Morgan fingerprint density at radius 3 is 1.85 bits per heavy atom. The molecule has 5 nitrogen and oxygen atoms in total. The fourth-order valence-electron chi connectivity index (χ4n) is 1.23. The number of ether oxygens (including phenoxy) is 2. The van der Waals surface area contributed by atoms with E-state index < -0.39 is 29.7 Å². The predicted molar refractivity (Wildman–Crippen MR) is 40.6 cm³/mol. The second kappa shape index (κ2) is 3.55. The maximum absolute atomic E-state index is 11.1. The lowest BCUT2D eigenvalue weighted by atomic mass is 10.3. The summed E-state index contributed by atoms with van der Waals surface area (Å²) >= 11 is 0. The zero-order chi connectivity index (χ0) is 10.9. The SMILES string of the molecule is [3H]C1(C=O)[C@@H](C(=O)OC)[C@@H]1C(=O)OC. The first-order valence-electron chi connectivity index (χ1n) is 4.15. The van der Waals surface area contributed by atoms with Crippen LogP contribution in [0, 0.1) is 17.7 Å². The molecule has 1 aliphatic rings. The van der Waals surface area contributed by atoms with Crippen molar-refractivity contribution in [2.24, 2.45) is 17.7 Å². The van der Waals surface area contributed by atoms with E-state index >= 15 is 0 Å². The van der Waals surface area contributed by atoms with Crippen LogP contribution in [-0.2, 0) is 23.9 Å². The van der Waals surface area contributed by atoms with Crippen molar-refractivity contribution < 1.29 is 25.2 Å². The van der Waals surface area contributed by atoms with Crippen LogP contribution in [0.1, 0.15) is 1.37 Å². The fraction of sp³-hybridized carbons (Fsp3) is 0.625. The quantitative estimate of drug-likeness (QED) is 0.436. The summed E-state index contributed by atoms with van der Waals surface area (Å²) in [7, 11) is 2.28. The summed E-state index contributed by atoms with van der Waals surface area (Å²) in [6.45, 7) is 0. The average molecular weight is 188 g/mol. The van der Waals surface area contributed by atoms with Gasteiger partial charge in [-0.15, -0.1) is 0 Å². The van der Waals surface area contributed by atoms with Crippen molar-refractivity contribution in [2.75, 3.05) is 14.2 Å². The Morgan fingerprint density at radius 1 is 1.23 bits per heavy atom. The predicted octanol–water partition coefficient (Wildman–Crippen LogP) is -0.607. The molecule has 0 aromatic carbocycles. The van der Waals surface area contributed by atoms with E-state index in [1.807, 2.05) is 0 Å². The number of carbonyl (C=O) groups excluding carboxylic acids is 3. The molecule has 72 valence electrons. The summed E-state index contributed by atoms with van der Waals surface area (Å²) in [5.74, 6) is -5.24. The van der Waals surface area contributed by atoms with Gasteiger partial charge >= 0.3 is 11.9 Å². The highest BCUT2D eigenvalue weighted by molar-refractivity contribution is 5.93. The summed E-state index contributed by atoms with van der Waals surface area (Å²) in [6.07, 6.45) is 0.274. The molecule has 0 aromatic rings. The topological polar surface area (TPSA) is 69.7 Å². The van der Waals surface area contributed by atoms with Crippen LogP contribution in [0.25, 0.3) is 0 Å². The van der Waals surface area contributed by atoms with Gasteiger partial charge in [0.15, 0.2) is 0 Å². The Bertz CT molecular complexity index is 265. The summed E-state index contributed by atoms with van der Waals surface area (Å²) in [5.41, 5.74) is 0. The van der Waals surface area contributed by atoms with E-state index in [9.17, 15) is 14.4 Å². The molecule has 1 saturated carbocycles. The molecule has 0 aromatic heterocycles. The largest absolute Gasteiger partial charge is 0.469 e. The molecule has 0 heterocycles. The molecule has 0 N–H and O–H groups in total. The number of hydrogen-bond donors (Lipinski definition) is 0. The van der Waals surface area contributed by atoms with Crippen molar-refractivity contribution in [3.05, 3.63) is 0 Å². The first kappa shape index (κ1) is 8.22. The van der Waals surface area contributed by atoms with E-state index in [4.69, 9.17) is 1.37 Å². The lowest BCUT2D eigenvalue weighted by Gasteiger charge is -1.95. The smallest absolute Gasteiger partial charge is 0.310 e. The number of esters is 2. The second-order valence-electron chi connectivity index (χ2n) is 2.62. The first-order valence-corrected chi connectivity index (χ1v) is 3.65. The minimum Gasteiger partial charge on any atom is -0.469 e. The zero-order valence-electron chi connectivity index (χ0n) is 8.27. The van der Waals surface area contributed by atoms with Gasteiger partial charge in [-0.3, -0.25) is 9.59 Å². The van der Waals surface area contributed by atoms with Crippen LogP contribution in [0.5, 0.6) is 0 Å². The van der Waals surface area contributed by atoms with Crippen molar-refractivity contribution in [3.63, 3.8) is 0 Å². The Hall–Kier alpha value is -1.39. The van der Waals surface area contributed by atoms with Gasteiger partial charge in [0.1, 0.15) is 6.29 Å². The molecule has 0 unspecified atom stereocenters. The van der Waals surface area contributed by atoms with Crippen LogP contribution in [-0.4, -0.2) is 32.4 Å².